The Morgan fingerprint density at radius 1 is 0.857 bits per heavy atom. The quantitative estimate of drug-likeness (QED) is 0.268. The summed E-state index contributed by atoms with van der Waals surface area (Å²) in [5, 5.41) is 15.2. The number of ether oxygens (including phenoxy) is 1. The Morgan fingerprint density at radius 2 is 1.43 bits per heavy atom. The van der Waals surface area contributed by atoms with Crippen molar-refractivity contribution in [2.24, 2.45) is 5.41 Å². The first kappa shape index (κ1) is 30.8. The van der Waals surface area contributed by atoms with Crippen molar-refractivity contribution in [2.45, 2.75) is 58.2 Å². The zero-order valence-electron chi connectivity index (χ0n) is 24.8. The van der Waals surface area contributed by atoms with Gasteiger partial charge in [-0.2, -0.15) is 0 Å². The summed E-state index contributed by atoms with van der Waals surface area (Å²) >= 11 is 0. The van der Waals surface area contributed by atoms with Crippen molar-refractivity contribution in [2.75, 3.05) is 20.2 Å². The molecule has 8 heteroatoms. The van der Waals surface area contributed by atoms with Crippen LogP contribution in [-0.2, 0) is 20.9 Å². The standard InChI is InChI=1S/C34H41N3O5/c1-34(2,3)19-18-29(32(39)40)35-31(38)30(21-37(4)20-23-12-6-5-7-13-23)36-33(41)42-22-28-26-16-10-8-14-24(26)25-15-9-11-17-27(25)28/h5-17,28-30H,18-22H2,1-4H3,(H,35,38)(H,36,41)(H,39,40). The zero-order valence-corrected chi connectivity index (χ0v) is 24.8. The minimum atomic E-state index is -1.11. The molecule has 1 aliphatic rings. The number of carboxylic acids is 1. The molecule has 2 atom stereocenters. The van der Waals surface area contributed by atoms with Crippen LogP contribution in [0.2, 0.25) is 0 Å². The second-order valence-corrected chi connectivity index (χ2v) is 12.2. The van der Waals surface area contributed by atoms with Crippen LogP contribution in [0.1, 0.15) is 56.2 Å². The average Bonchev–Trinajstić information content (AvgIpc) is 3.27. The summed E-state index contributed by atoms with van der Waals surface area (Å²) in [6.45, 7) is 6.88. The Bertz CT molecular complexity index is 1340. The van der Waals surface area contributed by atoms with E-state index in [-0.39, 0.29) is 30.9 Å². The smallest absolute Gasteiger partial charge is 0.407 e. The highest BCUT2D eigenvalue weighted by Crippen LogP contribution is 2.44. The van der Waals surface area contributed by atoms with E-state index in [1.165, 1.54) is 0 Å². The molecule has 3 N–H and O–H groups in total. The first-order chi connectivity index (χ1) is 20.0. The Hall–Kier alpha value is -4.17. The van der Waals surface area contributed by atoms with Crippen molar-refractivity contribution in [3.63, 3.8) is 0 Å². The van der Waals surface area contributed by atoms with E-state index in [0.29, 0.717) is 13.0 Å². The molecule has 0 bridgehead atoms. The van der Waals surface area contributed by atoms with Gasteiger partial charge in [-0.1, -0.05) is 99.6 Å². The highest BCUT2D eigenvalue weighted by molar-refractivity contribution is 5.89. The van der Waals surface area contributed by atoms with Gasteiger partial charge in [0, 0.05) is 19.0 Å². The second kappa shape index (κ2) is 13.7. The van der Waals surface area contributed by atoms with E-state index < -0.39 is 30.1 Å². The fourth-order valence-corrected chi connectivity index (χ4v) is 5.35. The van der Waals surface area contributed by atoms with Crippen molar-refractivity contribution < 1.29 is 24.2 Å². The lowest BCUT2D eigenvalue weighted by Gasteiger charge is -2.27. The molecular formula is C34H41N3O5. The molecule has 2 unspecified atom stereocenters. The van der Waals surface area contributed by atoms with E-state index in [1.54, 1.807) is 0 Å². The van der Waals surface area contributed by atoms with Crippen LogP contribution in [0.25, 0.3) is 11.1 Å². The molecule has 222 valence electrons. The Labute approximate surface area is 248 Å². The fourth-order valence-electron chi connectivity index (χ4n) is 5.35. The Balaban J connectivity index is 1.45. The molecule has 0 spiro atoms. The molecule has 8 nitrogen and oxygen atoms in total. The van der Waals surface area contributed by atoms with E-state index in [1.807, 2.05) is 99.4 Å². The SMILES string of the molecule is CN(Cc1ccccc1)CC(NC(=O)OCC1c2ccccc2-c2ccccc21)C(=O)NC(CCC(C)(C)C)C(=O)O. The summed E-state index contributed by atoms with van der Waals surface area (Å²) in [6, 6.07) is 23.8. The minimum absolute atomic E-state index is 0.0900. The number of amides is 2. The predicted octanol–water partition coefficient (Wildman–Crippen LogP) is 5.42. The lowest BCUT2D eigenvalue weighted by Crippen LogP contribution is -2.55. The number of alkyl carbamates (subject to hydrolysis) is 1. The third-order valence-electron chi connectivity index (χ3n) is 7.54. The number of fused-ring (bicyclic) bond motifs is 3. The summed E-state index contributed by atoms with van der Waals surface area (Å²) in [4.78, 5) is 40.4. The Kier molecular flexibility index (Phi) is 10.0. The van der Waals surface area contributed by atoms with Crippen LogP contribution in [0.3, 0.4) is 0 Å². The van der Waals surface area contributed by atoms with Gasteiger partial charge in [0.1, 0.15) is 18.7 Å². The molecule has 0 aromatic heterocycles. The highest BCUT2D eigenvalue weighted by Gasteiger charge is 2.31. The van der Waals surface area contributed by atoms with Gasteiger partial charge in [-0.3, -0.25) is 9.69 Å². The van der Waals surface area contributed by atoms with E-state index in [0.717, 1.165) is 27.8 Å². The molecule has 2 amide bonds. The summed E-state index contributed by atoms with van der Waals surface area (Å²) in [6.07, 6.45) is 0.164. The Morgan fingerprint density at radius 3 is 2.00 bits per heavy atom. The summed E-state index contributed by atoms with van der Waals surface area (Å²) in [5.74, 6) is -1.79. The number of carbonyl (C=O) groups excluding carboxylic acids is 2. The number of hydrogen-bond acceptors (Lipinski definition) is 5. The van der Waals surface area contributed by atoms with Crippen LogP contribution in [0.5, 0.6) is 0 Å². The summed E-state index contributed by atoms with van der Waals surface area (Å²) in [5.41, 5.74) is 5.38. The monoisotopic (exact) mass is 571 g/mol. The first-order valence-electron chi connectivity index (χ1n) is 14.4. The van der Waals surface area contributed by atoms with Gasteiger partial charge in [-0.25, -0.2) is 9.59 Å². The van der Waals surface area contributed by atoms with E-state index in [2.05, 4.69) is 22.8 Å². The number of nitrogens with one attached hydrogen (secondary N) is 2. The largest absolute Gasteiger partial charge is 0.480 e. The third-order valence-corrected chi connectivity index (χ3v) is 7.54. The van der Waals surface area contributed by atoms with Crippen molar-refractivity contribution >= 4 is 18.0 Å². The molecule has 0 saturated carbocycles. The number of aliphatic carboxylic acids is 1. The maximum absolute atomic E-state index is 13.4. The van der Waals surface area contributed by atoms with Crippen LogP contribution in [0, 0.1) is 5.41 Å². The lowest BCUT2D eigenvalue weighted by atomic mass is 9.88. The van der Waals surface area contributed by atoms with E-state index in [4.69, 9.17) is 4.74 Å². The topological polar surface area (TPSA) is 108 Å². The highest BCUT2D eigenvalue weighted by atomic mass is 16.5. The number of rotatable bonds is 12. The maximum Gasteiger partial charge on any atom is 0.407 e. The van der Waals surface area contributed by atoms with Gasteiger partial charge in [0.05, 0.1) is 0 Å². The number of carbonyl (C=O) groups is 3. The van der Waals surface area contributed by atoms with Gasteiger partial charge in [0.25, 0.3) is 0 Å². The van der Waals surface area contributed by atoms with Gasteiger partial charge in [0.2, 0.25) is 5.91 Å². The molecule has 3 aromatic carbocycles. The van der Waals surface area contributed by atoms with Gasteiger partial charge in [-0.15, -0.1) is 0 Å². The van der Waals surface area contributed by atoms with Crippen LogP contribution >= 0.6 is 0 Å². The molecule has 0 saturated heterocycles. The maximum atomic E-state index is 13.4. The molecule has 0 aliphatic heterocycles. The molecule has 42 heavy (non-hydrogen) atoms. The van der Waals surface area contributed by atoms with Crippen molar-refractivity contribution in [3.8, 4) is 11.1 Å². The van der Waals surface area contributed by atoms with Gasteiger partial charge >= 0.3 is 12.1 Å². The van der Waals surface area contributed by atoms with Crippen molar-refractivity contribution in [3.05, 3.63) is 95.6 Å². The minimum Gasteiger partial charge on any atom is -0.480 e. The molecule has 3 aromatic rings. The molecule has 1 aliphatic carbocycles. The number of likely N-dealkylation sites (N-methyl/N-ethyl adjacent to an activating group) is 1. The molecule has 0 fully saturated rings. The van der Waals surface area contributed by atoms with Crippen molar-refractivity contribution in [1.29, 1.82) is 0 Å². The average molecular weight is 572 g/mol. The van der Waals surface area contributed by atoms with Crippen LogP contribution in [-0.4, -0.2) is 60.3 Å². The molecule has 4 rings (SSSR count). The number of hydrogen-bond donors (Lipinski definition) is 3. The van der Waals surface area contributed by atoms with E-state index >= 15 is 0 Å². The number of carboxylic acid groups (broad SMARTS) is 1. The zero-order chi connectivity index (χ0) is 30.3. The normalized spacial score (nSPS) is 14.0. The number of benzene rings is 3. The third kappa shape index (κ3) is 8.19. The summed E-state index contributed by atoms with van der Waals surface area (Å²) in [7, 11) is 1.85. The van der Waals surface area contributed by atoms with Crippen LogP contribution in [0.15, 0.2) is 78.9 Å². The molecular weight excluding hydrogens is 530 g/mol. The van der Waals surface area contributed by atoms with Crippen molar-refractivity contribution in [1.82, 2.24) is 15.5 Å². The first-order valence-corrected chi connectivity index (χ1v) is 14.4. The second-order valence-electron chi connectivity index (χ2n) is 12.2. The molecule has 0 radical (unpaired) electrons. The van der Waals surface area contributed by atoms with Gasteiger partial charge < -0.3 is 20.5 Å². The van der Waals surface area contributed by atoms with Crippen LogP contribution in [0.4, 0.5) is 4.79 Å². The fraction of sp³-hybridized carbons (Fsp3) is 0.382. The predicted molar refractivity (Wildman–Crippen MR) is 163 cm³/mol. The van der Waals surface area contributed by atoms with Crippen LogP contribution < -0.4 is 10.6 Å². The lowest BCUT2D eigenvalue weighted by molar-refractivity contribution is -0.142. The van der Waals surface area contributed by atoms with Gasteiger partial charge in [0.15, 0.2) is 0 Å². The molecule has 0 heterocycles. The van der Waals surface area contributed by atoms with E-state index in [9.17, 15) is 19.5 Å². The van der Waals surface area contributed by atoms with Gasteiger partial charge in [-0.05, 0) is 53.1 Å². The number of nitrogens with zero attached hydrogens (tertiary/aromatic N) is 1. The summed E-state index contributed by atoms with van der Waals surface area (Å²) < 4.78 is 5.70.